The Morgan fingerprint density at radius 1 is 1.33 bits per heavy atom. The molecule has 0 radical (unpaired) electrons. The fourth-order valence-corrected chi connectivity index (χ4v) is 1.61. The molecule has 1 saturated carbocycles. The van der Waals surface area contributed by atoms with Crippen LogP contribution in [0.5, 0.6) is 11.5 Å². The van der Waals surface area contributed by atoms with Gasteiger partial charge in [-0.15, -0.1) is 13.2 Å². The molecule has 0 spiro atoms. The van der Waals surface area contributed by atoms with Crippen molar-refractivity contribution in [1.29, 1.82) is 0 Å². The number of halogens is 3. The van der Waals surface area contributed by atoms with Crippen LogP contribution in [0.2, 0.25) is 0 Å². The number of rotatable bonds is 6. The van der Waals surface area contributed by atoms with E-state index >= 15 is 0 Å². The molecule has 0 unspecified atom stereocenters. The summed E-state index contributed by atoms with van der Waals surface area (Å²) in [6.07, 6.45) is -0.815. The van der Waals surface area contributed by atoms with Crippen molar-refractivity contribution in [3.63, 3.8) is 0 Å². The minimum absolute atomic E-state index is 0.00769. The van der Waals surface area contributed by atoms with E-state index in [0.717, 1.165) is 25.0 Å². The van der Waals surface area contributed by atoms with E-state index in [1.54, 1.807) is 0 Å². The van der Waals surface area contributed by atoms with E-state index < -0.39 is 18.1 Å². The van der Waals surface area contributed by atoms with E-state index in [1.807, 2.05) is 0 Å². The SMILES string of the molecule is O=C(O)/C=C/c1ccc(OCC2CC2)c(OC(F)(F)F)c1. The van der Waals surface area contributed by atoms with Gasteiger partial charge in [-0.25, -0.2) is 4.79 Å². The zero-order chi connectivity index (χ0) is 15.5. The largest absolute Gasteiger partial charge is 0.573 e. The summed E-state index contributed by atoms with van der Waals surface area (Å²) in [5.74, 6) is -1.29. The molecule has 114 valence electrons. The molecule has 2 rings (SSSR count). The second-order valence-electron chi connectivity index (χ2n) is 4.68. The van der Waals surface area contributed by atoms with Gasteiger partial charge >= 0.3 is 12.3 Å². The Kier molecular flexibility index (Phi) is 4.40. The highest BCUT2D eigenvalue weighted by Crippen LogP contribution is 2.36. The molecule has 0 bridgehead atoms. The van der Waals surface area contributed by atoms with Gasteiger partial charge in [-0.2, -0.15) is 0 Å². The number of benzene rings is 1. The summed E-state index contributed by atoms with van der Waals surface area (Å²) in [5.41, 5.74) is 0.274. The topological polar surface area (TPSA) is 55.8 Å². The van der Waals surface area contributed by atoms with E-state index in [0.29, 0.717) is 12.5 Å². The van der Waals surface area contributed by atoms with Gasteiger partial charge in [0.2, 0.25) is 0 Å². The summed E-state index contributed by atoms with van der Waals surface area (Å²) < 4.78 is 46.4. The Balaban J connectivity index is 2.19. The number of carboxylic acids is 1. The average molecular weight is 302 g/mol. The first-order chi connectivity index (χ1) is 9.83. The first-order valence-corrected chi connectivity index (χ1v) is 6.27. The molecule has 0 saturated heterocycles. The van der Waals surface area contributed by atoms with Crippen molar-refractivity contribution in [2.75, 3.05) is 6.61 Å². The number of aliphatic carboxylic acids is 1. The second-order valence-corrected chi connectivity index (χ2v) is 4.68. The fraction of sp³-hybridized carbons (Fsp3) is 0.357. The number of carbonyl (C=O) groups is 1. The Morgan fingerprint density at radius 3 is 2.62 bits per heavy atom. The maximum atomic E-state index is 12.4. The van der Waals surface area contributed by atoms with Crippen LogP contribution >= 0.6 is 0 Å². The molecular formula is C14H13F3O4. The van der Waals surface area contributed by atoms with E-state index in [9.17, 15) is 18.0 Å². The Hall–Kier alpha value is -2.18. The second kappa shape index (κ2) is 6.07. The summed E-state index contributed by atoms with van der Waals surface area (Å²) >= 11 is 0. The third kappa shape index (κ3) is 5.37. The lowest BCUT2D eigenvalue weighted by Gasteiger charge is -2.14. The number of hydrogen-bond donors (Lipinski definition) is 1. The van der Waals surface area contributed by atoms with Crippen LogP contribution < -0.4 is 9.47 Å². The number of hydrogen-bond acceptors (Lipinski definition) is 3. The highest BCUT2D eigenvalue weighted by atomic mass is 19.4. The summed E-state index contributed by atoms with van der Waals surface area (Å²) in [6.45, 7) is 0.346. The van der Waals surface area contributed by atoms with Gasteiger partial charge in [0.25, 0.3) is 0 Å². The normalized spacial score (nSPS) is 15.2. The highest BCUT2D eigenvalue weighted by molar-refractivity contribution is 5.85. The molecule has 0 aliphatic heterocycles. The molecule has 1 fully saturated rings. The van der Waals surface area contributed by atoms with Gasteiger partial charge in [-0.05, 0) is 42.5 Å². The van der Waals surface area contributed by atoms with Gasteiger partial charge in [-0.3, -0.25) is 0 Å². The third-order valence-corrected chi connectivity index (χ3v) is 2.78. The summed E-state index contributed by atoms with van der Waals surface area (Å²) in [7, 11) is 0. The van der Waals surface area contributed by atoms with Crippen LogP contribution in [-0.4, -0.2) is 24.0 Å². The number of alkyl halides is 3. The molecule has 0 amide bonds. The Morgan fingerprint density at radius 2 is 2.05 bits per heavy atom. The quantitative estimate of drug-likeness (QED) is 0.817. The Labute approximate surface area is 118 Å². The van der Waals surface area contributed by atoms with Crippen LogP contribution in [-0.2, 0) is 4.79 Å². The van der Waals surface area contributed by atoms with Crippen molar-refractivity contribution < 1.29 is 32.5 Å². The highest BCUT2D eigenvalue weighted by Gasteiger charge is 2.33. The molecular weight excluding hydrogens is 289 g/mol. The fourth-order valence-electron chi connectivity index (χ4n) is 1.61. The van der Waals surface area contributed by atoms with Crippen LogP contribution in [0.3, 0.4) is 0 Å². The van der Waals surface area contributed by atoms with Crippen LogP contribution in [0, 0.1) is 5.92 Å². The molecule has 1 N–H and O–H groups in total. The molecule has 1 aromatic rings. The van der Waals surface area contributed by atoms with Crippen LogP contribution in [0.1, 0.15) is 18.4 Å². The van der Waals surface area contributed by atoms with Gasteiger partial charge in [0.1, 0.15) is 0 Å². The maximum Gasteiger partial charge on any atom is 0.573 e. The van der Waals surface area contributed by atoms with Crippen molar-refractivity contribution in [2.45, 2.75) is 19.2 Å². The van der Waals surface area contributed by atoms with E-state index in [2.05, 4.69) is 4.74 Å². The van der Waals surface area contributed by atoms with Gasteiger partial charge in [0.15, 0.2) is 11.5 Å². The summed E-state index contributed by atoms with van der Waals surface area (Å²) in [5, 5.41) is 8.51. The number of ether oxygens (including phenoxy) is 2. The van der Waals surface area contributed by atoms with Crippen molar-refractivity contribution in [1.82, 2.24) is 0 Å². The number of carboxylic acid groups (broad SMARTS) is 1. The minimum Gasteiger partial charge on any atom is -0.489 e. The lowest BCUT2D eigenvalue weighted by atomic mass is 10.2. The van der Waals surface area contributed by atoms with Crippen molar-refractivity contribution in [3.05, 3.63) is 29.8 Å². The molecule has 1 aliphatic rings. The summed E-state index contributed by atoms with van der Waals surface area (Å²) in [4.78, 5) is 10.4. The predicted octanol–water partition coefficient (Wildman–Crippen LogP) is 3.47. The van der Waals surface area contributed by atoms with Crippen molar-refractivity contribution in [2.24, 2.45) is 5.92 Å². The maximum absolute atomic E-state index is 12.4. The molecule has 1 aromatic carbocycles. The van der Waals surface area contributed by atoms with E-state index in [-0.39, 0.29) is 11.3 Å². The lowest BCUT2D eigenvalue weighted by Crippen LogP contribution is -2.18. The molecule has 0 heterocycles. The smallest absolute Gasteiger partial charge is 0.489 e. The van der Waals surface area contributed by atoms with Gasteiger partial charge < -0.3 is 14.6 Å². The molecule has 4 nitrogen and oxygen atoms in total. The van der Waals surface area contributed by atoms with E-state index in [1.165, 1.54) is 18.2 Å². The van der Waals surface area contributed by atoms with Crippen molar-refractivity contribution >= 4 is 12.0 Å². The minimum atomic E-state index is -4.84. The molecule has 7 heteroatoms. The van der Waals surface area contributed by atoms with E-state index in [4.69, 9.17) is 9.84 Å². The van der Waals surface area contributed by atoms with Gasteiger partial charge in [0.05, 0.1) is 6.61 Å². The molecule has 1 aliphatic carbocycles. The first kappa shape index (κ1) is 15.2. The standard InChI is InChI=1S/C14H13F3O4/c15-14(16,17)21-12-7-9(4-6-13(18)19)3-5-11(12)20-8-10-1-2-10/h3-7,10H,1-2,8H2,(H,18,19)/b6-4+. The van der Waals surface area contributed by atoms with Crippen LogP contribution in [0.15, 0.2) is 24.3 Å². The molecule has 21 heavy (non-hydrogen) atoms. The first-order valence-electron chi connectivity index (χ1n) is 6.27. The van der Waals surface area contributed by atoms with Gasteiger partial charge in [0, 0.05) is 6.08 Å². The van der Waals surface area contributed by atoms with Crippen LogP contribution in [0.25, 0.3) is 6.08 Å². The van der Waals surface area contributed by atoms with Crippen LogP contribution in [0.4, 0.5) is 13.2 Å². The summed E-state index contributed by atoms with van der Waals surface area (Å²) in [6, 6.07) is 3.89. The zero-order valence-electron chi connectivity index (χ0n) is 10.9. The molecule has 0 aromatic heterocycles. The third-order valence-electron chi connectivity index (χ3n) is 2.78. The Bertz CT molecular complexity index is 548. The lowest BCUT2D eigenvalue weighted by molar-refractivity contribution is -0.275. The predicted molar refractivity (Wildman–Crippen MR) is 68.0 cm³/mol. The van der Waals surface area contributed by atoms with Gasteiger partial charge in [-0.1, -0.05) is 6.07 Å². The monoisotopic (exact) mass is 302 g/mol. The van der Waals surface area contributed by atoms with Crippen molar-refractivity contribution in [3.8, 4) is 11.5 Å². The molecule has 0 atom stereocenters. The average Bonchev–Trinajstić information content (AvgIpc) is 3.17. The zero-order valence-corrected chi connectivity index (χ0v) is 10.9.